The standard InChI is InChI=1S/C29H21N3OS/c1-19-15-29(33)32(22-13-11-21(12-14-22)30-18-20-7-3-2-4-8-20)26-17-25-28(16-23(19)26)34-27-10-6-5-9-24(27)31-25/h2-18,31H,1H3. The minimum absolute atomic E-state index is 0.0469. The molecule has 4 aromatic carbocycles. The monoisotopic (exact) mass is 459 g/mol. The van der Waals surface area contributed by atoms with E-state index in [2.05, 4.69) is 40.6 Å². The Morgan fingerprint density at radius 1 is 0.824 bits per heavy atom. The molecule has 0 spiro atoms. The molecule has 0 bridgehead atoms. The third-order valence-corrected chi connectivity index (χ3v) is 7.10. The van der Waals surface area contributed by atoms with E-state index in [-0.39, 0.29) is 5.56 Å². The lowest BCUT2D eigenvalue weighted by Gasteiger charge is -2.22. The number of nitrogens with one attached hydrogen (secondary N) is 1. The van der Waals surface area contributed by atoms with Gasteiger partial charge >= 0.3 is 0 Å². The Morgan fingerprint density at radius 3 is 2.41 bits per heavy atom. The number of para-hydroxylation sites is 1. The van der Waals surface area contributed by atoms with Crippen LogP contribution in [-0.4, -0.2) is 10.8 Å². The summed E-state index contributed by atoms with van der Waals surface area (Å²) >= 11 is 1.75. The van der Waals surface area contributed by atoms with E-state index in [1.807, 2.05) is 73.8 Å². The van der Waals surface area contributed by atoms with Crippen molar-refractivity contribution < 1.29 is 0 Å². The second-order valence-electron chi connectivity index (χ2n) is 8.28. The van der Waals surface area contributed by atoms with Gasteiger partial charge in [0.15, 0.2) is 0 Å². The van der Waals surface area contributed by atoms with Crippen LogP contribution in [0.1, 0.15) is 11.1 Å². The molecule has 0 saturated heterocycles. The van der Waals surface area contributed by atoms with Gasteiger partial charge in [-0.1, -0.05) is 54.2 Å². The first kappa shape index (κ1) is 20.5. The van der Waals surface area contributed by atoms with E-state index in [0.29, 0.717) is 0 Å². The molecule has 0 aliphatic carbocycles. The fourth-order valence-electron chi connectivity index (χ4n) is 4.26. The summed E-state index contributed by atoms with van der Waals surface area (Å²) < 4.78 is 1.78. The van der Waals surface area contributed by atoms with E-state index < -0.39 is 0 Å². The van der Waals surface area contributed by atoms with Gasteiger partial charge in [0, 0.05) is 33.1 Å². The summed E-state index contributed by atoms with van der Waals surface area (Å²) in [6, 6.07) is 32.0. The quantitative estimate of drug-likeness (QED) is 0.283. The Labute approximate surface area is 201 Å². The maximum atomic E-state index is 13.1. The molecule has 1 aliphatic rings. The molecule has 0 amide bonds. The fourth-order valence-corrected chi connectivity index (χ4v) is 5.27. The Morgan fingerprint density at radius 2 is 1.59 bits per heavy atom. The highest BCUT2D eigenvalue weighted by atomic mass is 32.2. The van der Waals surface area contributed by atoms with E-state index in [1.54, 1.807) is 22.4 Å². The normalized spacial score (nSPS) is 12.4. The Hall–Kier alpha value is -4.09. The predicted molar refractivity (Wildman–Crippen MR) is 142 cm³/mol. The molecule has 164 valence electrons. The molecule has 34 heavy (non-hydrogen) atoms. The molecule has 0 fully saturated rings. The lowest BCUT2D eigenvalue weighted by atomic mass is 10.1. The van der Waals surface area contributed by atoms with Gasteiger partial charge in [0.2, 0.25) is 0 Å². The first-order valence-corrected chi connectivity index (χ1v) is 11.9. The van der Waals surface area contributed by atoms with Gasteiger partial charge in [-0.15, -0.1) is 0 Å². The lowest BCUT2D eigenvalue weighted by Crippen LogP contribution is -2.18. The van der Waals surface area contributed by atoms with Crippen molar-refractivity contribution >= 4 is 45.9 Å². The number of fused-ring (bicyclic) bond motifs is 3. The molecule has 5 heteroatoms. The van der Waals surface area contributed by atoms with Crippen molar-refractivity contribution in [2.24, 2.45) is 4.99 Å². The average Bonchev–Trinajstić information content (AvgIpc) is 2.87. The van der Waals surface area contributed by atoms with Crippen LogP contribution in [0, 0.1) is 6.92 Å². The molecule has 0 unspecified atom stereocenters. The van der Waals surface area contributed by atoms with Gasteiger partial charge < -0.3 is 5.32 Å². The second kappa shape index (κ2) is 8.36. The number of aromatic nitrogens is 1. The zero-order chi connectivity index (χ0) is 23.1. The molecule has 1 aliphatic heterocycles. The van der Waals surface area contributed by atoms with Crippen molar-refractivity contribution in [3.8, 4) is 5.69 Å². The van der Waals surface area contributed by atoms with E-state index in [1.165, 1.54) is 4.90 Å². The summed E-state index contributed by atoms with van der Waals surface area (Å²) in [4.78, 5) is 20.0. The molecule has 2 heterocycles. The number of hydrogen-bond acceptors (Lipinski definition) is 4. The minimum atomic E-state index is -0.0469. The van der Waals surface area contributed by atoms with Crippen LogP contribution in [0.3, 0.4) is 0 Å². The van der Waals surface area contributed by atoms with Crippen molar-refractivity contribution in [2.75, 3.05) is 5.32 Å². The van der Waals surface area contributed by atoms with Gasteiger partial charge in [0.1, 0.15) is 0 Å². The molecule has 4 nitrogen and oxygen atoms in total. The molecule has 5 aromatic rings. The molecule has 0 atom stereocenters. The van der Waals surface area contributed by atoms with Gasteiger partial charge in [0.05, 0.1) is 22.6 Å². The summed E-state index contributed by atoms with van der Waals surface area (Å²) in [6.45, 7) is 2.00. The molecule has 1 aromatic heterocycles. The third kappa shape index (κ3) is 3.70. The Bertz CT molecular complexity index is 1620. The molecule has 6 rings (SSSR count). The summed E-state index contributed by atoms with van der Waals surface area (Å²) in [7, 11) is 0. The van der Waals surface area contributed by atoms with Crippen LogP contribution in [-0.2, 0) is 0 Å². The van der Waals surface area contributed by atoms with Crippen molar-refractivity contribution in [2.45, 2.75) is 16.7 Å². The topological polar surface area (TPSA) is 46.4 Å². The van der Waals surface area contributed by atoms with Crippen molar-refractivity contribution in [3.63, 3.8) is 0 Å². The highest BCUT2D eigenvalue weighted by Gasteiger charge is 2.18. The highest BCUT2D eigenvalue weighted by Crippen LogP contribution is 2.45. The number of pyridine rings is 1. The molecule has 1 N–H and O–H groups in total. The largest absolute Gasteiger partial charge is 0.354 e. The third-order valence-electron chi connectivity index (χ3n) is 5.97. The van der Waals surface area contributed by atoms with Crippen LogP contribution in [0.4, 0.5) is 17.1 Å². The smallest absolute Gasteiger partial charge is 0.255 e. The number of anilines is 2. The SMILES string of the molecule is Cc1cc(=O)n(-c2ccc(N=Cc3ccccc3)cc2)c2cc3c(cc12)Sc1ccccc1N3. The summed E-state index contributed by atoms with van der Waals surface area (Å²) in [5, 5.41) is 4.60. The van der Waals surface area contributed by atoms with Crippen LogP contribution < -0.4 is 10.9 Å². The molecule has 0 saturated carbocycles. The van der Waals surface area contributed by atoms with Crippen LogP contribution in [0.25, 0.3) is 16.6 Å². The van der Waals surface area contributed by atoms with Crippen LogP contribution in [0.2, 0.25) is 0 Å². The first-order valence-electron chi connectivity index (χ1n) is 11.1. The number of aryl methyl sites for hydroxylation is 1. The van der Waals surface area contributed by atoms with Crippen molar-refractivity contribution in [3.05, 3.63) is 119 Å². The van der Waals surface area contributed by atoms with E-state index in [9.17, 15) is 4.79 Å². The zero-order valence-electron chi connectivity index (χ0n) is 18.5. The van der Waals surface area contributed by atoms with Crippen LogP contribution >= 0.6 is 11.8 Å². The average molecular weight is 460 g/mol. The summed E-state index contributed by atoms with van der Waals surface area (Å²) in [5.41, 5.74) is 6.61. The zero-order valence-corrected chi connectivity index (χ0v) is 19.3. The van der Waals surface area contributed by atoms with Crippen molar-refractivity contribution in [1.82, 2.24) is 4.57 Å². The fraction of sp³-hybridized carbons (Fsp3) is 0.0345. The predicted octanol–water partition coefficient (Wildman–Crippen LogP) is 7.26. The summed E-state index contributed by atoms with van der Waals surface area (Å²) in [5.74, 6) is 0. The number of hydrogen-bond donors (Lipinski definition) is 1. The van der Waals surface area contributed by atoms with Crippen LogP contribution in [0.5, 0.6) is 0 Å². The minimum Gasteiger partial charge on any atom is -0.354 e. The van der Waals surface area contributed by atoms with Gasteiger partial charge in [0.25, 0.3) is 5.56 Å². The molecular weight excluding hydrogens is 438 g/mol. The Balaban J connectivity index is 1.42. The van der Waals surface area contributed by atoms with Gasteiger partial charge in [-0.05, 0) is 66.6 Å². The van der Waals surface area contributed by atoms with Crippen molar-refractivity contribution in [1.29, 1.82) is 0 Å². The van der Waals surface area contributed by atoms with Gasteiger partial charge in [-0.2, -0.15) is 0 Å². The van der Waals surface area contributed by atoms with E-state index in [4.69, 9.17) is 0 Å². The number of nitrogens with zero attached hydrogens (tertiary/aromatic N) is 2. The molecular formula is C29H21N3OS. The maximum Gasteiger partial charge on any atom is 0.255 e. The summed E-state index contributed by atoms with van der Waals surface area (Å²) in [6.07, 6.45) is 1.84. The highest BCUT2D eigenvalue weighted by molar-refractivity contribution is 7.99. The first-order chi connectivity index (χ1) is 16.7. The maximum absolute atomic E-state index is 13.1. The van der Waals surface area contributed by atoms with E-state index in [0.717, 1.165) is 49.7 Å². The van der Waals surface area contributed by atoms with Gasteiger partial charge in [-0.3, -0.25) is 14.4 Å². The number of aliphatic imine (C=N–C) groups is 1. The second-order valence-corrected chi connectivity index (χ2v) is 9.36. The number of rotatable bonds is 3. The Kier molecular flexibility index (Phi) is 5.04. The van der Waals surface area contributed by atoms with E-state index >= 15 is 0 Å². The molecule has 0 radical (unpaired) electrons. The number of benzene rings is 4. The van der Waals surface area contributed by atoms with Gasteiger partial charge in [-0.25, -0.2) is 0 Å². The van der Waals surface area contributed by atoms with Crippen LogP contribution in [0.15, 0.2) is 117 Å². The lowest BCUT2D eigenvalue weighted by molar-refractivity contribution is 1.03.